The number of anilines is 2. The number of amides is 1. The Bertz CT molecular complexity index is 1250. The quantitative estimate of drug-likeness (QED) is 0.453. The molecule has 0 aromatic heterocycles. The van der Waals surface area contributed by atoms with E-state index < -0.39 is 22.5 Å². The number of methoxy groups -OCH3 is 1. The molecule has 3 aromatic carbocycles. The van der Waals surface area contributed by atoms with Gasteiger partial charge in [0.05, 0.1) is 17.7 Å². The number of benzene rings is 3. The molecule has 0 atom stereocenters. The maximum atomic E-state index is 13.7. The van der Waals surface area contributed by atoms with Crippen molar-refractivity contribution >= 4 is 27.3 Å². The molecule has 0 saturated carbocycles. The Hall–Kier alpha value is -3.32. The minimum absolute atomic E-state index is 0.109. The third-order valence-electron chi connectivity index (χ3n) is 5.76. The lowest BCUT2D eigenvalue weighted by Crippen LogP contribution is -2.38. The van der Waals surface area contributed by atoms with Gasteiger partial charge in [-0.2, -0.15) is 0 Å². The standard InChI is InChI=1S/C27H32N2O4S/c1-6-21-9-8-10-22(7-2)27(21)28-26(30)18-29(24-17-20(4)13-16-25(24)33-5)34(31,32)23-14-11-19(3)12-15-23/h8-17H,6-7,18H2,1-5H3,(H,28,30). The van der Waals surface area contributed by atoms with Gasteiger partial charge in [0.1, 0.15) is 12.3 Å². The zero-order valence-corrected chi connectivity index (χ0v) is 21.2. The molecule has 3 aromatic rings. The fourth-order valence-electron chi connectivity index (χ4n) is 3.84. The number of sulfonamides is 1. The number of hydrogen-bond donors (Lipinski definition) is 1. The van der Waals surface area contributed by atoms with Gasteiger partial charge in [-0.25, -0.2) is 8.42 Å². The summed E-state index contributed by atoms with van der Waals surface area (Å²) in [5.41, 5.74) is 4.88. The van der Waals surface area contributed by atoms with Gasteiger partial charge in [-0.05, 0) is 67.6 Å². The van der Waals surface area contributed by atoms with Gasteiger partial charge >= 0.3 is 0 Å². The molecule has 0 radical (unpaired) electrons. The summed E-state index contributed by atoms with van der Waals surface area (Å²) in [5.74, 6) is -0.0489. The summed E-state index contributed by atoms with van der Waals surface area (Å²) >= 11 is 0. The van der Waals surface area contributed by atoms with Crippen LogP contribution in [0.15, 0.2) is 65.6 Å². The molecular formula is C27H32N2O4S. The van der Waals surface area contributed by atoms with Gasteiger partial charge in [-0.3, -0.25) is 9.10 Å². The van der Waals surface area contributed by atoms with Gasteiger partial charge in [0, 0.05) is 5.69 Å². The van der Waals surface area contributed by atoms with Gasteiger partial charge < -0.3 is 10.1 Å². The van der Waals surface area contributed by atoms with Crippen LogP contribution < -0.4 is 14.4 Å². The maximum absolute atomic E-state index is 13.7. The van der Waals surface area contributed by atoms with Crippen LogP contribution in [0.3, 0.4) is 0 Å². The topological polar surface area (TPSA) is 75.7 Å². The molecule has 0 saturated heterocycles. The molecule has 0 aliphatic heterocycles. The second-order valence-electron chi connectivity index (χ2n) is 8.21. The largest absolute Gasteiger partial charge is 0.495 e. The van der Waals surface area contributed by atoms with E-state index in [0.717, 1.165) is 45.1 Å². The van der Waals surface area contributed by atoms with Crippen LogP contribution in [0, 0.1) is 13.8 Å². The van der Waals surface area contributed by atoms with E-state index in [1.54, 1.807) is 36.4 Å². The van der Waals surface area contributed by atoms with Crippen molar-refractivity contribution < 1.29 is 17.9 Å². The SMILES string of the molecule is CCc1cccc(CC)c1NC(=O)CN(c1cc(C)ccc1OC)S(=O)(=O)c1ccc(C)cc1. The number of ether oxygens (including phenoxy) is 1. The fourth-order valence-corrected chi connectivity index (χ4v) is 5.27. The first-order chi connectivity index (χ1) is 16.2. The molecule has 7 heteroatoms. The van der Waals surface area contributed by atoms with Crippen molar-refractivity contribution in [1.82, 2.24) is 0 Å². The van der Waals surface area contributed by atoms with Gasteiger partial charge in [0.15, 0.2) is 0 Å². The van der Waals surface area contributed by atoms with Crippen LogP contribution in [0.5, 0.6) is 5.75 Å². The van der Waals surface area contributed by atoms with Gasteiger partial charge in [-0.1, -0.05) is 55.8 Å². The highest BCUT2D eigenvalue weighted by Gasteiger charge is 2.30. The number of nitrogens with zero attached hydrogens (tertiary/aromatic N) is 1. The van der Waals surface area contributed by atoms with Crippen molar-refractivity contribution in [2.24, 2.45) is 0 Å². The number of para-hydroxylation sites is 1. The molecule has 0 bridgehead atoms. The van der Waals surface area contributed by atoms with E-state index in [1.807, 2.05) is 52.0 Å². The molecular weight excluding hydrogens is 448 g/mol. The highest BCUT2D eigenvalue weighted by Crippen LogP contribution is 2.33. The Morgan fingerprint density at radius 1 is 0.912 bits per heavy atom. The van der Waals surface area contributed by atoms with Crippen molar-refractivity contribution in [2.45, 2.75) is 45.4 Å². The minimum Gasteiger partial charge on any atom is -0.495 e. The third-order valence-corrected chi connectivity index (χ3v) is 7.54. The lowest BCUT2D eigenvalue weighted by Gasteiger charge is -2.26. The average Bonchev–Trinajstić information content (AvgIpc) is 2.82. The summed E-state index contributed by atoms with van der Waals surface area (Å²) in [6.45, 7) is 7.41. The number of nitrogens with one attached hydrogen (secondary N) is 1. The van der Waals surface area contributed by atoms with Gasteiger partial charge in [-0.15, -0.1) is 0 Å². The van der Waals surface area contributed by atoms with Crippen LogP contribution >= 0.6 is 0 Å². The zero-order valence-electron chi connectivity index (χ0n) is 20.4. The maximum Gasteiger partial charge on any atom is 0.264 e. The van der Waals surface area contributed by atoms with Crippen molar-refractivity contribution in [1.29, 1.82) is 0 Å². The van der Waals surface area contributed by atoms with E-state index in [0.29, 0.717) is 11.4 Å². The highest BCUT2D eigenvalue weighted by molar-refractivity contribution is 7.92. The van der Waals surface area contributed by atoms with Crippen molar-refractivity contribution in [3.05, 3.63) is 82.9 Å². The summed E-state index contributed by atoms with van der Waals surface area (Å²) in [6.07, 6.45) is 1.50. The Morgan fingerprint density at radius 2 is 1.50 bits per heavy atom. The van der Waals surface area contributed by atoms with Gasteiger partial charge in [0.2, 0.25) is 5.91 Å². The first-order valence-corrected chi connectivity index (χ1v) is 12.8. The monoisotopic (exact) mass is 480 g/mol. The van der Waals surface area contributed by atoms with Crippen LogP contribution in [0.4, 0.5) is 11.4 Å². The predicted octanol–water partition coefficient (Wildman–Crippen LogP) is 5.27. The van der Waals surface area contributed by atoms with E-state index in [2.05, 4.69) is 5.32 Å². The molecule has 3 rings (SSSR count). The number of rotatable bonds is 9. The lowest BCUT2D eigenvalue weighted by atomic mass is 10.0. The van der Waals surface area contributed by atoms with E-state index in [9.17, 15) is 13.2 Å². The minimum atomic E-state index is -4.05. The molecule has 0 aliphatic rings. The summed E-state index contributed by atoms with van der Waals surface area (Å²) in [4.78, 5) is 13.4. The van der Waals surface area contributed by atoms with E-state index in [1.165, 1.54) is 7.11 Å². The Labute approximate surface area is 202 Å². The van der Waals surface area contributed by atoms with E-state index in [4.69, 9.17) is 4.74 Å². The second-order valence-corrected chi connectivity index (χ2v) is 10.1. The molecule has 180 valence electrons. The van der Waals surface area contributed by atoms with Crippen molar-refractivity contribution in [3.8, 4) is 5.75 Å². The normalized spacial score (nSPS) is 11.2. The number of carbonyl (C=O) groups excluding carboxylic acids is 1. The molecule has 1 amide bonds. The molecule has 0 unspecified atom stereocenters. The molecule has 34 heavy (non-hydrogen) atoms. The summed E-state index contributed by atoms with van der Waals surface area (Å²) in [6, 6.07) is 17.8. The van der Waals surface area contributed by atoms with Crippen LogP contribution in [-0.4, -0.2) is 28.0 Å². The zero-order chi connectivity index (χ0) is 24.9. The first-order valence-electron chi connectivity index (χ1n) is 11.4. The number of carbonyl (C=O) groups is 1. The average molecular weight is 481 g/mol. The fraction of sp³-hybridized carbons (Fsp3) is 0.296. The van der Waals surface area contributed by atoms with Crippen LogP contribution in [0.25, 0.3) is 0 Å². The highest BCUT2D eigenvalue weighted by atomic mass is 32.2. The number of aryl methyl sites for hydroxylation is 4. The van der Waals surface area contributed by atoms with E-state index in [-0.39, 0.29) is 4.90 Å². The van der Waals surface area contributed by atoms with Crippen molar-refractivity contribution in [2.75, 3.05) is 23.3 Å². The summed E-state index contributed by atoms with van der Waals surface area (Å²) < 4.78 is 34.1. The van der Waals surface area contributed by atoms with Gasteiger partial charge in [0.25, 0.3) is 10.0 Å². The molecule has 0 heterocycles. The van der Waals surface area contributed by atoms with Crippen LogP contribution in [0.2, 0.25) is 0 Å². The third kappa shape index (κ3) is 5.42. The predicted molar refractivity (Wildman–Crippen MR) is 137 cm³/mol. The Kier molecular flexibility index (Phi) is 7.99. The Morgan fingerprint density at radius 3 is 2.06 bits per heavy atom. The van der Waals surface area contributed by atoms with Crippen LogP contribution in [-0.2, 0) is 27.7 Å². The number of hydrogen-bond acceptors (Lipinski definition) is 4. The Balaban J connectivity index is 2.06. The molecule has 0 aliphatic carbocycles. The molecule has 0 fully saturated rings. The van der Waals surface area contributed by atoms with E-state index >= 15 is 0 Å². The lowest BCUT2D eigenvalue weighted by molar-refractivity contribution is -0.114. The molecule has 6 nitrogen and oxygen atoms in total. The van der Waals surface area contributed by atoms with Crippen LogP contribution in [0.1, 0.15) is 36.1 Å². The smallest absolute Gasteiger partial charge is 0.264 e. The molecule has 1 N–H and O–H groups in total. The summed E-state index contributed by atoms with van der Waals surface area (Å²) in [7, 11) is -2.56. The molecule has 0 spiro atoms. The summed E-state index contributed by atoms with van der Waals surface area (Å²) in [5, 5.41) is 2.98. The second kappa shape index (κ2) is 10.7. The first kappa shape index (κ1) is 25.3. The van der Waals surface area contributed by atoms with Crippen molar-refractivity contribution in [3.63, 3.8) is 0 Å².